The molecule has 2 saturated carbocycles. The van der Waals surface area contributed by atoms with Crippen LogP contribution in [-0.2, 0) is 4.79 Å². The fraction of sp³-hybridized carbons (Fsp3) is 0.588. The van der Waals surface area contributed by atoms with Gasteiger partial charge in [-0.05, 0) is 50.7 Å². The molecule has 1 aromatic carbocycles. The maximum absolute atomic E-state index is 11.8. The summed E-state index contributed by atoms with van der Waals surface area (Å²) in [6, 6.07) is 8.31. The zero-order valence-corrected chi connectivity index (χ0v) is 12.5. The van der Waals surface area contributed by atoms with Crippen LogP contribution in [-0.4, -0.2) is 28.8 Å². The second-order valence-corrected chi connectivity index (χ2v) is 6.41. The predicted octanol–water partition coefficient (Wildman–Crippen LogP) is 2.89. The molecule has 0 bridgehead atoms. The average molecular weight is 289 g/mol. The molecule has 0 saturated heterocycles. The zero-order valence-electron chi connectivity index (χ0n) is 12.5. The number of hydrogen-bond donors (Lipinski definition) is 2. The highest BCUT2D eigenvalue weighted by atomic mass is 16.5. The van der Waals surface area contributed by atoms with Crippen molar-refractivity contribution >= 4 is 5.97 Å². The van der Waals surface area contributed by atoms with Crippen molar-refractivity contribution in [2.45, 2.75) is 63.1 Å². The lowest BCUT2D eigenvalue weighted by atomic mass is 9.80. The van der Waals surface area contributed by atoms with Crippen LogP contribution in [0.4, 0.5) is 0 Å². The number of benzene rings is 1. The van der Waals surface area contributed by atoms with Gasteiger partial charge in [-0.2, -0.15) is 0 Å². The van der Waals surface area contributed by atoms with Crippen LogP contribution in [0.2, 0.25) is 0 Å². The summed E-state index contributed by atoms with van der Waals surface area (Å²) in [5.74, 6) is 0.141. The maximum atomic E-state index is 11.8. The first kappa shape index (κ1) is 14.4. The molecule has 1 aromatic rings. The number of carboxylic acids is 1. The highest BCUT2D eigenvalue weighted by molar-refractivity contribution is 5.79. The van der Waals surface area contributed by atoms with Crippen LogP contribution in [0.5, 0.6) is 5.75 Å². The van der Waals surface area contributed by atoms with Crippen LogP contribution in [0.25, 0.3) is 0 Å². The minimum absolute atomic E-state index is 0.0257. The fourth-order valence-electron chi connectivity index (χ4n) is 3.20. The largest absolute Gasteiger partial charge is 0.490 e. The molecule has 4 heteroatoms. The van der Waals surface area contributed by atoms with Crippen molar-refractivity contribution in [3.63, 3.8) is 0 Å². The molecule has 2 aliphatic rings. The average Bonchev–Trinajstić information content (AvgIpc) is 3.25. The topological polar surface area (TPSA) is 58.6 Å². The number of aliphatic carboxylic acids is 1. The first-order valence-corrected chi connectivity index (χ1v) is 7.82. The lowest BCUT2D eigenvalue weighted by Gasteiger charge is -2.38. The van der Waals surface area contributed by atoms with Crippen LogP contribution < -0.4 is 10.1 Å². The molecule has 2 N–H and O–H groups in total. The van der Waals surface area contributed by atoms with E-state index in [1.54, 1.807) is 0 Å². The normalized spacial score (nSPS) is 29.1. The Morgan fingerprint density at radius 3 is 2.76 bits per heavy atom. The summed E-state index contributed by atoms with van der Waals surface area (Å²) in [4.78, 5) is 11.8. The van der Waals surface area contributed by atoms with Crippen molar-refractivity contribution in [1.29, 1.82) is 0 Å². The molecule has 4 nitrogen and oxygen atoms in total. The number of carbonyl (C=O) groups is 1. The number of carboxylic acid groups (broad SMARTS) is 1. The lowest BCUT2D eigenvalue weighted by Crippen LogP contribution is -2.57. The minimum atomic E-state index is -0.799. The van der Waals surface area contributed by atoms with E-state index in [1.807, 2.05) is 31.2 Å². The molecule has 2 fully saturated rings. The lowest BCUT2D eigenvalue weighted by molar-refractivity contribution is -0.148. The van der Waals surface area contributed by atoms with E-state index < -0.39 is 11.5 Å². The summed E-state index contributed by atoms with van der Waals surface area (Å²) in [6.45, 7) is 2.02. The Labute approximate surface area is 125 Å². The fourth-order valence-corrected chi connectivity index (χ4v) is 3.20. The van der Waals surface area contributed by atoms with Crippen molar-refractivity contribution in [3.8, 4) is 5.75 Å². The van der Waals surface area contributed by atoms with Gasteiger partial charge >= 0.3 is 5.97 Å². The van der Waals surface area contributed by atoms with Crippen molar-refractivity contribution in [1.82, 2.24) is 5.32 Å². The van der Waals surface area contributed by atoms with Gasteiger partial charge in [0.2, 0.25) is 0 Å². The Morgan fingerprint density at radius 2 is 2.10 bits per heavy atom. The van der Waals surface area contributed by atoms with E-state index in [4.69, 9.17) is 4.74 Å². The monoisotopic (exact) mass is 289 g/mol. The van der Waals surface area contributed by atoms with Crippen molar-refractivity contribution < 1.29 is 14.6 Å². The number of aryl methyl sites for hydroxylation is 1. The molecule has 0 aliphatic heterocycles. The molecule has 0 heterocycles. The van der Waals surface area contributed by atoms with Crippen LogP contribution >= 0.6 is 0 Å². The number of para-hydroxylation sites is 1. The Morgan fingerprint density at radius 1 is 1.33 bits per heavy atom. The van der Waals surface area contributed by atoms with E-state index in [9.17, 15) is 9.90 Å². The maximum Gasteiger partial charge on any atom is 0.324 e. The summed E-state index contributed by atoms with van der Waals surface area (Å²) >= 11 is 0. The molecule has 0 spiro atoms. The zero-order chi connectivity index (χ0) is 14.9. The van der Waals surface area contributed by atoms with Crippen molar-refractivity contribution in [2.24, 2.45) is 0 Å². The third-order valence-corrected chi connectivity index (χ3v) is 4.56. The van der Waals surface area contributed by atoms with Crippen molar-refractivity contribution in [2.75, 3.05) is 0 Å². The predicted molar refractivity (Wildman–Crippen MR) is 80.6 cm³/mol. The van der Waals surface area contributed by atoms with Gasteiger partial charge in [-0.1, -0.05) is 18.2 Å². The molecular formula is C17H23NO3. The summed E-state index contributed by atoms with van der Waals surface area (Å²) in [7, 11) is 0. The molecule has 2 unspecified atom stereocenters. The van der Waals surface area contributed by atoms with Crippen molar-refractivity contribution in [3.05, 3.63) is 29.8 Å². The van der Waals surface area contributed by atoms with E-state index in [0.29, 0.717) is 18.9 Å². The highest BCUT2D eigenvalue weighted by Crippen LogP contribution is 2.35. The smallest absolute Gasteiger partial charge is 0.324 e. The van der Waals surface area contributed by atoms with Crippen LogP contribution in [0.1, 0.15) is 44.1 Å². The Bertz CT molecular complexity index is 527. The summed E-state index contributed by atoms with van der Waals surface area (Å²) < 4.78 is 6.09. The molecule has 2 aliphatic carbocycles. The van der Waals surface area contributed by atoms with Crippen LogP contribution in [0.3, 0.4) is 0 Å². The number of ether oxygens (including phenoxy) is 1. The molecule has 21 heavy (non-hydrogen) atoms. The van der Waals surface area contributed by atoms with Gasteiger partial charge in [-0.25, -0.2) is 0 Å². The summed E-state index contributed by atoms with van der Waals surface area (Å²) in [6.07, 6.45) is 5.23. The third-order valence-electron chi connectivity index (χ3n) is 4.56. The molecule has 0 aromatic heterocycles. The Kier molecular flexibility index (Phi) is 3.89. The second-order valence-electron chi connectivity index (χ2n) is 6.41. The molecule has 2 atom stereocenters. The number of nitrogens with one attached hydrogen (secondary N) is 1. The van der Waals surface area contributed by atoms with E-state index in [0.717, 1.165) is 37.0 Å². The molecule has 114 valence electrons. The quantitative estimate of drug-likeness (QED) is 0.875. The van der Waals surface area contributed by atoms with Gasteiger partial charge in [0.15, 0.2) is 0 Å². The molecule has 3 rings (SSSR count). The van der Waals surface area contributed by atoms with Gasteiger partial charge in [0, 0.05) is 12.5 Å². The van der Waals surface area contributed by atoms with Gasteiger partial charge < -0.3 is 9.84 Å². The van der Waals surface area contributed by atoms with E-state index in [-0.39, 0.29) is 6.10 Å². The van der Waals surface area contributed by atoms with Gasteiger partial charge in [0.1, 0.15) is 17.4 Å². The van der Waals surface area contributed by atoms with Gasteiger partial charge in [-0.3, -0.25) is 10.1 Å². The molecular weight excluding hydrogens is 266 g/mol. The van der Waals surface area contributed by atoms with Gasteiger partial charge in [-0.15, -0.1) is 0 Å². The number of rotatable bonds is 5. The van der Waals surface area contributed by atoms with E-state index >= 15 is 0 Å². The summed E-state index contributed by atoms with van der Waals surface area (Å²) in [5, 5.41) is 13.0. The first-order valence-electron chi connectivity index (χ1n) is 7.82. The number of hydrogen-bond acceptors (Lipinski definition) is 3. The highest BCUT2D eigenvalue weighted by Gasteiger charge is 2.46. The van der Waals surface area contributed by atoms with E-state index in [2.05, 4.69) is 5.32 Å². The summed E-state index contributed by atoms with van der Waals surface area (Å²) in [5.41, 5.74) is 0.298. The standard InChI is InChI=1S/C17H23NO3/c1-12-5-2-3-7-15(12)21-14-6-4-10-17(11-14,16(19)20)18-13-8-9-13/h2-3,5,7,13-14,18H,4,6,8-11H2,1H3,(H,19,20). The van der Waals surface area contributed by atoms with Crippen LogP contribution in [0, 0.1) is 6.92 Å². The van der Waals surface area contributed by atoms with Gasteiger partial charge in [0.25, 0.3) is 0 Å². The first-order chi connectivity index (χ1) is 10.1. The second kappa shape index (κ2) is 5.68. The van der Waals surface area contributed by atoms with E-state index in [1.165, 1.54) is 0 Å². The molecule has 0 radical (unpaired) electrons. The van der Waals surface area contributed by atoms with Gasteiger partial charge in [0.05, 0.1) is 0 Å². The minimum Gasteiger partial charge on any atom is -0.490 e. The SMILES string of the molecule is Cc1ccccc1OC1CCCC(NC2CC2)(C(=O)O)C1. The molecule has 0 amide bonds. The Hall–Kier alpha value is -1.55. The van der Waals surface area contributed by atoms with Crippen LogP contribution in [0.15, 0.2) is 24.3 Å². The Balaban J connectivity index is 1.72. The third kappa shape index (κ3) is 3.21.